The zero-order valence-electron chi connectivity index (χ0n) is 14.3. The molecule has 0 aliphatic carbocycles. The molecule has 3 rings (SSSR count). The van der Waals surface area contributed by atoms with Crippen LogP contribution in [-0.4, -0.2) is 61.0 Å². The van der Waals surface area contributed by atoms with Gasteiger partial charge in [-0.05, 0) is 23.6 Å². The highest BCUT2D eigenvalue weighted by atomic mass is 16.6. The zero-order chi connectivity index (χ0) is 17.1. The Kier molecular flexibility index (Phi) is 4.92. The number of fused-ring (bicyclic) bond motifs is 1. The van der Waals surface area contributed by atoms with Gasteiger partial charge in [-0.15, -0.1) is 0 Å². The molecule has 0 saturated carbocycles. The molecule has 0 bridgehead atoms. The molecular weight excluding hydrogens is 308 g/mol. The van der Waals surface area contributed by atoms with Crippen LogP contribution in [0.15, 0.2) is 18.2 Å². The third kappa shape index (κ3) is 3.63. The second-order valence-corrected chi connectivity index (χ2v) is 6.40. The number of carbonyl (C=O) groups excluding carboxylic acids is 2. The van der Waals surface area contributed by atoms with Gasteiger partial charge in [-0.3, -0.25) is 9.59 Å². The molecule has 1 aromatic rings. The molecular formula is C18H24N2O4. The summed E-state index contributed by atoms with van der Waals surface area (Å²) in [7, 11) is 0. The first kappa shape index (κ1) is 16.6. The Labute approximate surface area is 142 Å². The summed E-state index contributed by atoms with van der Waals surface area (Å²) in [6, 6.07) is 5.88. The summed E-state index contributed by atoms with van der Waals surface area (Å²) >= 11 is 0. The summed E-state index contributed by atoms with van der Waals surface area (Å²) in [4.78, 5) is 27.5. The van der Waals surface area contributed by atoms with Crippen molar-refractivity contribution < 1.29 is 19.1 Å². The van der Waals surface area contributed by atoms with Crippen LogP contribution in [0, 0.1) is 0 Å². The Morgan fingerprint density at radius 3 is 2.33 bits per heavy atom. The quantitative estimate of drug-likeness (QED) is 0.844. The van der Waals surface area contributed by atoms with Crippen molar-refractivity contribution in [3.63, 3.8) is 0 Å². The van der Waals surface area contributed by atoms with Gasteiger partial charge in [-0.2, -0.15) is 0 Å². The van der Waals surface area contributed by atoms with Crippen LogP contribution >= 0.6 is 0 Å². The van der Waals surface area contributed by atoms with E-state index in [1.54, 1.807) is 11.8 Å². The van der Waals surface area contributed by atoms with Crippen LogP contribution in [-0.2, 0) is 9.59 Å². The summed E-state index contributed by atoms with van der Waals surface area (Å²) in [5.41, 5.74) is 1.08. The standard InChI is InChI=1S/C18H24N2O4/c1-13(15-3-4-16-17(12-15)24-10-9-23-16)11-18(22)20-7-5-19(6-8-20)14(2)21/h3-4,12-13H,5-11H2,1-2H3. The van der Waals surface area contributed by atoms with Crippen molar-refractivity contribution in [3.05, 3.63) is 23.8 Å². The predicted octanol–water partition coefficient (Wildman–Crippen LogP) is 1.64. The van der Waals surface area contributed by atoms with Gasteiger partial charge in [0.1, 0.15) is 13.2 Å². The molecule has 2 aliphatic heterocycles. The molecule has 6 nitrogen and oxygen atoms in total. The van der Waals surface area contributed by atoms with Crippen molar-refractivity contribution in [3.8, 4) is 11.5 Å². The Balaban J connectivity index is 1.57. The molecule has 2 amide bonds. The van der Waals surface area contributed by atoms with Gasteiger partial charge in [-0.25, -0.2) is 0 Å². The van der Waals surface area contributed by atoms with E-state index >= 15 is 0 Å². The van der Waals surface area contributed by atoms with E-state index in [9.17, 15) is 9.59 Å². The number of piperazine rings is 1. The normalized spacial score (nSPS) is 18.2. The van der Waals surface area contributed by atoms with Crippen molar-refractivity contribution >= 4 is 11.8 Å². The minimum atomic E-state index is 0.0757. The summed E-state index contributed by atoms with van der Waals surface area (Å²) < 4.78 is 11.1. The highest BCUT2D eigenvalue weighted by Gasteiger charge is 2.24. The van der Waals surface area contributed by atoms with Gasteiger partial charge in [0.25, 0.3) is 0 Å². The van der Waals surface area contributed by atoms with E-state index in [0.717, 1.165) is 17.1 Å². The lowest BCUT2D eigenvalue weighted by atomic mass is 9.96. The van der Waals surface area contributed by atoms with Gasteiger partial charge in [0.2, 0.25) is 11.8 Å². The van der Waals surface area contributed by atoms with E-state index < -0.39 is 0 Å². The number of benzene rings is 1. The third-order valence-electron chi connectivity index (χ3n) is 4.69. The first-order valence-corrected chi connectivity index (χ1v) is 8.47. The predicted molar refractivity (Wildman–Crippen MR) is 89.3 cm³/mol. The first-order chi connectivity index (χ1) is 11.5. The van der Waals surface area contributed by atoms with Gasteiger partial charge in [0.15, 0.2) is 11.5 Å². The minimum Gasteiger partial charge on any atom is -0.486 e. The monoisotopic (exact) mass is 332 g/mol. The molecule has 0 radical (unpaired) electrons. The van der Waals surface area contributed by atoms with Crippen LogP contribution in [0.25, 0.3) is 0 Å². The van der Waals surface area contributed by atoms with E-state index in [-0.39, 0.29) is 17.7 Å². The molecule has 6 heteroatoms. The van der Waals surface area contributed by atoms with Crippen LogP contribution in [0.1, 0.15) is 31.7 Å². The van der Waals surface area contributed by atoms with Crippen molar-refractivity contribution in [2.24, 2.45) is 0 Å². The van der Waals surface area contributed by atoms with Crippen molar-refractivity contribution in [2.75, 3.05) is 39.4 Å². The Bertz CT molecular complexity index is 623. The molecule has 1 aromatic carbocycles. The number of hydrogen-bond donors (Lipinski definition) is 0. The molecule has 130 valence electrons. The van der Waals surface area contributed by atoms with Gasteiger partial charge < -0.3 is 19.3 Å². The third-order valence-corrected chi connectivity index (χ3v) is 4.69. The van der Waals surface area contributed by atoms with Gasteiger partial charge in [-0.1, -0.05) is 13.0 Å². The van der Waals surface area contributed by atoms with Gasteiger partial charge in [0, 0.05) is 39.5 Å². The summed E-state index contributed by atoms with van der Waals surface area (Å²) in [6.45, 7) is 7.24. The van der Waals surface area contributed by atoms with Crippen LogP contribution in [0.3, 0.4) is 0 Å². The average Bonchev–Trinajstić information content (AvgIpc) is 2.61. The smallest absolute Gasteiger partial charge is 0.223 e. The summed E-state index contributed by atoms with van der Waals surface area (Å²) in [5.74, 6) is 1.85. The molecule has 1 unspecified atom stereocenters. The number of rotatable bonds is 3. The van der Waals surface area contributed by atoms with Crippen LogP contribution in [0.4, 0.5) is 0 Å². The van der Waals surface area contributed by atoms with Crippen LogP contribution in [0.2, 0.25) is 0 Å². The van der Waals surface area contributed by atoms with Crippen molar-refractivity contribution in [2.45, 2.75) is 26.2 Å². The Morgan fingerprint density at radius 2 is 1.67 bits per heavy atom. The second-order valence-electron chi connectivity index (χ2n) is 6.40. The number of amides is 2. The Morgan fingerprint density at radius 1 is 1.04 bits per heavy atom. The second kappa shape index (κ2) is 7.11. The van der Waals surface area contributed by atoms with E-state index in [4.69, 9.17) is 9.47 Å². The largest absolute Gasteiger partial charge is 0.486 e. The lowest BCUT2D eigenvalue weighted by Gasteiger charge is -2.34. The van der Waals surface area contributed by atoms with Crippen LogP contribution < -0.4 is 9.47 Å². The maximum atomic E-state index is 12.5. The average molecular weight is 332 g/mol. The highest BCUT2D eigenvalue weighted by Crippen LogP contribution is 2.34. The molecule has 1 atom stereocenters. The van der Waals surface area contributed by atoms with Crippen molar-refractivity contribution in [1.82, 2.24) is 9.80 Å². The number of ether oxygens (including phenoxy) is 2. The SMILES string of the molecule is CC(=O)N1CCN(C(=O)CC(C)c2ccc3c(c2)OCCO3)CC1. The maximum absolute atomic E-state index is 12.5. The molecule has 2 aliphatic rings. The Hall–Kier alpha value is -2.24. The van der Waals surface area contributed by atoms with Crippen molar-refractivity contribution in [1.29, 1.82) is 0 Å². The first-order valence-electron chi connectivity index (χ1n) is 8.47. The fourth-order valence-corrected chi connectivity index (χ4v) is 3.15. The van der Waals surface area contributed by atoms with E-state index in [1.165, 1.54) is 0 Å². The molecule has 0 N–H and O–H groups in total. The molecule has 1 saturated heterocycles. The minimum absolute atomic E-state index is 0.0757. The summed E-state index contributed by atoms with van der Waals surface area (Å²) in [5, 5.41) is 0. The molecule has 2 heterocycles. The summed E-state index contributed by atoms with van der Waals surface area (Å²) in [6.07, 6.45) is 0.458. The number of carbonyl (C=O) groups is 2. The molecule has 1 fully saturated rings. The topological polar surface area (TPSA) is 59.1 Å². The lowest BCUT2D eigenvalue weighted by molar-refractivity contribution is -0.138. The fourth-order valence-electron chi connectivity index (χ4n) is 3.15. The lowest BCUT2D eigenvalue weighted by Crippen LogP contribution is -2.50. The van der Waals surface area contributed by atoms with E-state index in [2.05, 4.69) is 6.92 Å². The molecule has 0 aromatic heterocycles. The van der Waals surface area contributed by atoms with Gasteiger partial charge >= 0.3 is 0 Å². The maximum Gasteiger partial charge on any atom is 0.223 e. The molecule has 24 heavy (non-hydrogen) atoms. The highest BCUT2D eigenvalue weighted by molar-refractivity contribution is 5.78. The zero-order valence-corrected chi connectivity index (χ0v) is 14.3. The number of nitrogens with zero attached hydrogens (tertiary/aromatic N) is 2. The number of hydrogen-bond acceptors (Lipinski definition) is 4. The van der Waals surface area contributed by atoms with Gasteiger partial charge in [0.05, 0.1) is 0 Å². The molecule has 0 spiro atoms. The van der Waals surface area contributed by atoms with E-state index in [0.29, 0.717) is 45.8 Å². The van der Waals surface area contributed by atoms with E-state index in [1.807, 2.05) is 23.1 Å². The van der Waals surface area contributed by atoms with Crippen LogP contribution in [0.5, 0.6) is 11.5 Å². The fraction of sp³-hybridized carbons (Fsp3) is 0.556.